The van der Waals surface area contributed by atoms with Gasteiger partial charge in [0.25, 0.3) is 5.91 Å². The van der Waals surface area contributed by atoms with Crippen molar-refractivity contribution in [3.63, 3.8) is 0 Å². The maximum Gasteiger partial charge on any atom is 0.334 e. The van der Waals surface area contributed by atoms with Gasteiger partial charge in [0.05, 0.1) is 18.8 Å². The number of fused-ring (bicyclic) bond motifs is 1. The second-order valence-corrected chi connectivity index (χ2v) is 5.69. The SMILES string of the molecule is C[C@@H]1Oc2ccccc2N(CC(=O)N2CCO[C@H](C(=O)O)C2)C1=O. The summed E-state index contributed by atoms with van der Waals surface area (Å²) in [7, 11) is 0. The lowest BCUT2D eigenvalue weighted by Crippen LogP contribution is -2.54. The van der Waals surface area contributed by atoms with E-state index < -0.39 is 18.2 Å². The summed E-state index contributed by atoms with van der Waals surface area (Å²) in [6, 6.07) is 7.01. The number of amides is 2. The van der Waals surface area contributed by atoms with Crippen molar-refractivity contribution >= 4 is 23.5 Å². The van der Waals surface area contributed by atoms with Crippen molar-refractivity contribution in [1.82, 2.24) is 4.90 Å². The van der Waals surface area contributed by atoms with E-state index in [9.17, 15) is 14.4 Å². The molecule has 3 rings (SSSR count). The van der Waals surface area contributed by atoms with Gasteiger partial charge >= 0.3 is 5.97 Å². The Kier molecular flexibility index (Phi) is 4.39. The number of carbonyl (C=O) groups is 3. The number of aliphatic carboxylic acids is 1. The van der Waals surface area contributed by atoms with Crippen LogP contribution in [0.2, 0.25) is 0 Å². The lowest BCUT2D eigenvalue weighted by atomic mass is 10.2. The van der Waals surface area contributed by atoms with E-state index in [0.29, 0.717) is 18.0 Å². The van der Waals surface area contributed by atoms with Gasteiger partial charge in [-0.2, -0.15) is 0 Å². The molecule has 2 heterocycles. The Hall–Kier alpha value is -2.61. The highest BCUT2D eigenvalue weighted by Crippen LogP contribution is 2.33. The van der Waals surface area contributed by atoms with Crippen molar-refractivity contribution in [2.45, 2.75) is 19.1 Å². The minimum atomic E-state index is -1.10. The summed E-state index contributed by atoms with van der Waals surface area (Å²) in [6.45, 7) is 1.91. The lowest BCUT2D eigenvalue weighted by molar-refractivity contribution is -0.159. The zero-order valence-corrected chi connectivity index (χ0v) is 13.2. The Morgan fingerprint density at radius 1 is 1.33 bits per heavy atom. The topological polar surface area (TPSA) is 96.4 Å². The summed E-state index contributed by atoms with van der Waals surface area (Å²) >= 11 is 0. The number of carboxylic acids is 1. The highest BCUT2D eigenvalue weighted by molar-refractivity contribution is 6.03. The third kappa shape index (κ3) is 3.05. The van der Waals surface area contributed by atoms with Crippen LogP contribution < -0.4 is 9.64 Å². The lowest BCUT2D eigenvalue weighted by Gasteiger charge is -2.35. The van der Waals surface area contributed by atoms with Gasteiger partial charge in [0.15, 0.2) is 12.2 Å². The molecule has 0 unspecified atom stereocenters. The fraction of sp³-hybridized carbons (Fsp3) is 0.438. The predicted octanol–water partition coefficient (Wildman–Crippen LogP) is 0.112. The molecule has 0 bridgehead atoms. The number of hydrogen-bond acceptors (Lipinski definition) is 5. The second-order valence-electron chi connectivity index (χ2n) is 5.69. The molecule has 1 N–H and O–H groups in total. The van der Waals surface area contributed by atoms with Crippen molar-refractivity contribution in [3.8, 4) is 5.75 Å². The van der Waals surface area contributed by atoms with Crippen LogP contribution in [0.1, 0.15) is 6.92 Å². The first-order valence-electron chi connectivity index (χ1n) is 7.66. The van der Waals surface area contributed by atoms with Crippen molar-refractivity contribution in [3.05, 3.63) is 24.3 Å². The summed E-state index contributed by atoms with van der Waals surface area (Å²) in [5, 5.41) is 9.02. The molecule has 0 radical (unpaired) electrons. The molecule has 8 heteroatoms. The number of anilines is 1. The number of ether oxygens (including phenoxy) is 2. The van der Waals surface area contributed by atoms with E-state index in [1.807, 2.05) is 0 Å². The van der Waals surface area contributed by atoms with Gasteiger partial charge in [-0.3, -0.25) is 14.5 Å². The quantitative estimate of drug-likeness (QED) is 0.843. The first-order valence-corrected chi connectivity index (χ1v) is 7.66. The van der Waals surface area contributed by atoms with Crippen LogP contribution in [-0.2, 0) is 19.1 Å². The number of carboxylic acid groups (broad SMARTS) is 1. The van der Waals surface area contributed by atoms with Crippen molar-refractivity contribution < 1.29 is 29.0 Å². The normalized spacial score (nSPS) is 23.5. The minimum absolute atomic E-state index is 0.0239. The number of benzene rings is 1. The van der Waals surface area contributed by atoms with Gasteiger partial charge < -0.3 is 19.5 Å². The van der Waals surface area contributed by atoms with Crippen molar-refractivity contribution in [1.29, 1.82) is 0 Å². The monoisotopic (exact) mass is 334 g/mol. The van der Waals surface area contributed by atoms with Gasteiger partial charge in [-0.05, 0) is 19.1 Å². The van der Waals surface area contributed by atoms with Crippen LogP contribution in [0.15, 0.2) is 24.3 Å². The van der Waals surface area contributed by atoms with Gasteiger partial charge in [-0.25, -0.2) is 4.79 Å². The molecule has 2 atom stereocenters. The molecule has 24 heavy (non-hydrogen) atoms. The molecule has 1 saturated heterocycles. The van der Waals surface area contributed by atoms with Crippen LogP contribution in [0, 0.1) is 0 Å². The first-order chi connectivity index (χ1) is 11.5. The fourth-order valence-corrected chi connectivity index (χ4v) is 2.78. The van der Waals surface area contributed by atoms with Crippen LogP contribution in [0.3, 0.4) is 0 Å². The molecule has 2 aliphatic rings. The number of rotatable bonds is 3. The van der Waals surface area contributed by atoms with Crippen LogP contribution in [0.5, 0.6) is 5.75 Å². The Balaban J connectivity index is 1.76. The zero-order valence-electron chi connectivity index (χ0n) is 13.2. The van der Waals surface area contributed by atoms with E-state index >= 15 is 0 Å². The molecule has 2 amide bonds. The summed E-state index contributed by atoms with van der Waals surface area (Å²) < 4.78 is 10.6. The summed E-state index contributed by atoms with van der Waals surface area (Å²) in [4.78, 5) is 38.8. The smallest absolute Gasteiger partial charge is 0.334 e. The largest absolute Gasteiger partial charge is 0.479 e. The molecule has 0 aromatic heterocycles. The van der Waals surface area contributed by atoms with E-state index in [-0.39, 0.29) is 31.5 Å². The average Bonchev–Trinajstić information content (AvgIpc) is 2.58. The Bertz CT molecular complexity index is 676. The number of carbonyl (C=O) groups excluding carboxylic acids is 2. The third-order valence-corrected chi connectivity index (χ3v) is 4.06. The van der Waals surface area contributed by atoms with E-state index in [1.54, 1.807) is 31.2 Å². The molecule has 8 nitrogen and oxygen atoms in total. The number of nitrogens with zero attached hydrogens (tertiary/aromatic N) is 2. The van der Waals surface area contributed by atoms with Crippen LogP contribution in [0.25, 0.3) is 0 Å². The van der Waals surface area contributed by atoms with Gasteiger partial charge in [-0.1, -0.05) is 12.1 Å². The maximum absolute atomic E-state index is 12.5. The summed E-state index contributed by atoms with van der Waals surface area (Å²) in [5.74, 6) is -1.18. The second kappa shape index (κ2) is 6.48. The fourth-order valence-electron chi connectivity index (χ4n) is 2.78. The van der Waals surface area contributed by atoms with Gasteiger partial charge in [0.1, 0.15) is 12.3 Å². The summed E-state index contributed by atoms with van der Waals surface area (Å²) in [6.07, 6.45) is -1.71. The molecule has 128 valence electrons. The summed E-state index contributed by atoms with van der Waals surface area (Å²) in [5.41, 5.74) is 0.539. The number of morpholine rings is 1. The number of para-hydroxylation sites is 2. The van der Waals surface area contributed by atoms with E-state index in [0.717, 1.165) is 0 Å². The van der Waals surface area contributed by atoms with Gasteiger partial charge in [0, 0.05) is 6.54 Å². The Labute approximate surface area is 138 Å². The Morgan fingerprint density at radius 2 is 2.08 bits per heavy atom. The first kappa shape index (κ1) is 16.3. The standard InChI is InChI=1S/C16H18N2O6/c1-10-15(20)18(11-4-2-3-5-12(11)24-10)9-14(19)17-6-7-23-13(8-17)16(21)22/h2-5,10,13H,6-9H2,1H3,(H,21,22)/t10-,13-/m0/s1. The van der Waals surface area contributed by atoms with Crippen LogP contribution in [-0.4, -0.2) is 66.2 Å². The van der Waals surface area contributed by atoms with E-state index in [1.165, 1.54) is 9.80 Å². The molecule has 1 aromatic rings. The minimum Gasteiger partial charge on any atom is -0.479 e. The van der Waals surface area contributed by atoms with Gasteiger partial charge in [0.2, 0.25) is 5.91 Å². The van der Waals surface area contributed by atoms with Gasteiger partial charge in [-0.15, -0.1) is 0 Å². The van der Waals surface area contributed by atoms with Crippen LogP contribution >= 0.6 is 0 Å². The maximum atomic E-state index is 12.5. The van der Waals surface area contributed by atoms with E-state index in [2.05, 4.69) is 0 Å². The molecular formula is C16H18N2O6. The molecule has 0 aliphatic carbocycles. The predicted molar refractivity (Wildman–Crippen MR) is 82.8 cm³/mol. The highest BCUT2D eigenvalue weighted by Gasteiger charge is 2.35. The molecule has 0 spiro atoms. The number of hydrogen-bond donors (Lipinski definition) is 1. The average molecular weight is 334 g/mol. The molecule has 2 aliphatic heterocycles. The molecule has 1 aromatic carbocycles. The van der Waals surface area contributed by atoms with Crippen molar-refractivity contribution in [2.75, 3.05) is 31.1 Å². The molecule has 1 fully saturated rings. The van der Waals surface area contributed by atoms with Crippen LogP contribution in [0.4, 0.5) is 5.69 Å². The Morgan fingerprint density at radius 3 is 2.83 bits per heavy atom. The van der Waals surface area contributed by atoms with E-state index in [4.69, 9.17) is 14.6 Å². The highest BCUT2D eigenvalue weighted by atomic mass is 16.5. The molecular weight excluding hydrogens is 316 g/mol. The molecule has 0 saturated carbocycles. The third-order valence-electron chi connectivity index (χ3n) is 4.06. The van der Waals surface area contributed by atoms with Crippen molar-refractivity contribution in [2.24, 2.45) is 0 Å². The zero-order chi connectivity index (χ0) is 17.3.